The Morgan fingerprint density at radius 2 is 2.07 bits per heavy atom. The van der Waals surface area contributed by atoms with Crippen LogP contribution >= 0.6 is 0 Å². The summed E-state index contributed by atoms with van der Waals surface area (Å²) >= 11 is 0. The van der Waals surface area contributed by atoms with Crippen molar-refractivity contribution >= 4 is 9.84 Å². The molecule has 0 amide bonds. The summed E-state index contributed by atoms with van der Waals surface area (Å²) in [6, 6.07) is 0.589. The van der Waals surface area contributed by atoms with Gasteiger partial charge in [-0.2, -0.15) is 0 Å². The standard InChI is InChI=1S/C10H20N2O2S/c13-15(14)7-2-5-12(6-8-15)9-10-3-1-4-11-10/h10-11H,1-9H2/t10-/m1/s1. The Kier molecular flexibility index (Phi) is 3.64. The molecule has 4 nitrogen and oxygen atoms in total. The fraction of sp³-hybridized carbons (Fsp3) is 1.00. The van der Waals surface area contributed by atoms with E-state index in [4.69, 9.17) is 0 Å². The highest BCUT2D eigenvalue weighted by atomic mass is 32.2. The molecule has 15 heavy (non-hydrogen) atoms. The van der Waals surface area contributed by atoms with Crippen LogP contribution in [0.4, 0.5) is 0 Å². The average molecular weight is 232 g/mol. The molecule has 88 valence electrons. The van der Waals surface area contributed by atoms with Gasteiger partial charge >= 0.3 is 0 Å². The molecule has 2 aliphatic heterocycles. The molecule has 0 unspecified atom stereocenters. The zero-order valence-corrected chi connectivity index (χ0v) is 9.93. The molecule has 1 N–H and O–H groups in total. The van der Waals surface area contributed by atoms with Gasteiger partial charge in [0.15, 0.2) is 9.84 Å². The smallest absolute Gasteiger partial charge is 0.151 e. The predicted octanol–water partition coefficient (Wildman–Crippen LogP) is -0.141. The number of nitrogens with zero attached hydrogens (tertiary/aromatic N) is 1. The van der Waals surface area contributed by atoms with E-state index in [9.17, 15) is 8.42 Å². The molecule has 0 radical (unpaired) electrons. The van der Waals surface area contributed by atoms with Crippen molar-refractivity contribution in [2.24, 2.45) is 0 Å². The zero-order chi connectivity index (χ0) is 10.7. The second-order valence-electron chi connectivity index (χ2n) is 4.60. The van der Waals surface area contributed by atoms with Crippen LogP contribution in [-0.2, 0) is 9.84 Å². The maximum Gasteiger partial charge on any atom is 0.151 e. The van der Waals surface area contributed by atoms with E-state index >= 15 is 0 Å². The average Bonchev–Trinajstić information content (AvgIpc) is 2.60. The largest absolute Gasteiger partial charge is 0.313 e. The Labute approximate surface area is 91.9 Å². The molecule has 5 heteroatoms. The zero-order valence-electron chi connectivity index (χ0n) is 9.11. The minimum Gasteiger partial charge on any atom is -0.313 e. The lowest BCUT2D eigenvalue weighted by Crippen LogP contribution is -2.38. The first-order valence-electron chi connectivity index (χ1n) is 5.82. The maximum absolute atomic E-state index is 11.4. The first-order valence-corrected chi connectivity index (χ1v) is 7.64. The summed E-state index contributed by atoms with van der Waals surface area (Å²) in [5.74, 6) is 0.724. The van der Waals surface area contributed by atoms with Crippen molar-refractivity contribution in [3.63, 3.8) is 0 Å². The molecule has 0 bridgehead atoms. The molecule has 2 heterocycles. The van der Waals surface area contributed by atoms with Crippen molar-refractivity contribution < 1.29 is 8.42 Å². The molecule has 2 saturated heterocycles. The van der Waals surface area contributed by atoms with E-state index in [1.165, 1.54) is 12.8 Å². The van der Waals surface area contributed by atoms with Crippen molar-refractivity contribution in [2.45, 2.75) is 25.3 Å². The fourth-order valence-electron chi connectivity index (χ4n) is 2.40. The normalized spacial score (nSPS) is 32.7. The Morgan fingerprint density at radius 1 is 1.20 bits per heavy atom. The lowest BCUT2D eigenvalue weighted by molar-refractivity contribution is 0.267. The third-order valence-corrected chi connectivity index (χ3v) is 5.00. The second-order valence-corrected chi connectivity index (χ2v) is 6.90. The van der Waals surface area contributed by atoms with Gasteiger partial charge in [-0.1, -0.05) is 0 Å². The highest BCUT2D eigenvalue weighted by molar-refractivity contribution is 7.91. The van der Waals surface area contributed by atoms with Gasteiger partial charge in [0.1, 0.15) is 0 Å². The number of hydrogen-bond donors (Lipinski definition) is 1. The van der Waals surface area contributed by atoms with Gasteiger partial charge in [-0.25, -0.2) is 8.42 Å². The van der Waals surface area contributed by atoms with E-state index in [1.807, 2.05) is 0 Å². The van der Waals surface area contributed by atoms with Gasteiger partial charge in [-0.15, -0.1) is 0 Å². The van der Waals surface area contributed by atoms with Gasteiger partial charge in [0.2, 0.25) is 0 Å². The summed E-state index contributed by atoms with van der Waals surface area (Å²) < 4.78 is 22.8. The maximum atomic E-state index is 11.4. The van der Waals surface area contributed by atoms with Crippen molar-refractivity contribution in [3.8, 4) is 0 Å². The quantitative estimate of drug-likeness (QED) is 0.720. The molecule has 0 aromatic rings. The summed E-state index contributed by atoms with van der Waals surface area (Å²) in [5.41, 5.74) is 0. The molecule has 0 aliphatic carbocycles. The molecule has 0 aromatic carbocycles. The first-order chi connectivity index (χ1) is 7.16. The molecule has 0 spiro atoms. The lowest BCUT2D eigenvalue weighted by Gasteiger charge is -2.23. The highest BCUT2D eigenvalue weighted by Crippen LogP contribution is 2.10. The van der Waals surface area contributed by atoms with Crippen molar-refractivity contribution in [1.82, 2.24) is 10.2 Å². The summed E-state index contributed by atoms with van der Waals surface area (Å²) in [4.78, 5) is 2.30. The number of hydrogen-bond acceptors (Lipinski definition) is 4. The molecule has 2 aliphatic rings. The van der Waals surface area contributed by atoms with E-state index < -0.39 is 9.84 Å². The Balaban J connectivity index is 1.83. The monoisotopic (exact) mass is 232 g/mol. The van der Waals surface area contributed by atoms with E-state index in [0.29, 0.717) is 17.5 Å². The van der Waals surface area contributed by atoms with Crippen molar-refractivity contribution in [3.05, 3.63) is 0 Å². The summed E-state index contributed by atoms with van der Waals surface area (Å²) in [6.45, 7) is 3.81. The van der Waals surface area contributed by atoms with Crippen LogP contribution < -0.4 is 5.32 Å². The lowest BCUT2D eigenvalue weighted by atomic mass is 10.2. The second kappa shape index (κ2) is 4.80. The molecular weight excluding hydrogens is 212 g/mol. The van der Waals surface area contributed by atoms with Crippen LogP contribution in [0, 0.1) is 0 Å². The van der Waals surface area contributed by atoms with Crippen LogP contribution in [0.15, 0.2) is 0 Å². The van der Waals surface area contributed by atoms with E-state index in [1.54, 1.807) is 0 Å². The molecule has 1 atom stereocenters. The van der Waals surface area contributed by atoms with E-state index in [0.717, 1.165) is 32.6 Å². The van der Waals surface area contributed by atoms with Gasteiger partial charge in [0.05, 0.1) is 11.5 Å². The van der Waals surface area contributed by atoms with Crippen LogP contribution in [0.1, 0.15) is 19.3 Å². The van der Waals surface area contributed by atoms with E-state index in [-0.39, 0.29) is 0 Å². The molecule has 0 saturated carbocycles. The minimum atomic E-state index is -2.75. The third kappa shape index (κ3) is 3.43. The highest BCUT2D eigenvalue weighted by Gasteiger charge is 2.22. The predicted molar refractivity (Wildman–Crippen MR) is 60.7 cm³/mol. The number of nitrogens with one attached hydrogen (secondary N) is 1. The molecule has 2 fully saturated rings. The van der Waals surface area contributed by atoms with Crippen LogP contribution in [0.2, 0.25) is 0 Å². The Bertz CT molecular complexity index is 297. The number of sulfone groups is 1. The van der Waals surface area contributed by atoms with Crippen LogP contribution in [0.25, 0.3) is 0 Å². The van der Waals surface area contributed by atoms with Gasteiger partial charge < -0.3 is 10.2 Å². The van der Waals surface area contributed by atoms with Gasteiger partial charge in [0.25, 0.3) is 0 Å². The van der Waals surface area contributed by atoms with Crippen LogP contribution in [0.3, 0.4) is 0 Å². The van der Waals surface area contributed by atoms with Crippen molar-refractivity contribution in [1.29, 1.82) is 0 Å². The van der Waals surface area contributed by atoms with Crippen LogP contribution in [0.5, 0.6) is 0 Å². The van der Waals surface area contributed by atoms with Crippen molar-refractivity contribution in [2.75, 3.05) is 37.7 Å². The SMILES string of the molecule is O=S1(=O)CCCN(C[C@H]2CCCN2)CC1. The topological polar surface area (TPSA) is 49.4 Å². The van der Waals surface area contributed by atoms with Gasteiger partial charge in [0, 0.05) is 19.1 Å². The van der Waals surface area contributed by atoms with E-state index in [2.05, 4.69) is 10.2 Å². The van der Waals surface area contributed by atoms with Crippen LogP contribution in [-0.4, -0.2) is 57.0 Å². The fourth-order valence-corrected chi connectivity index (χ4v) is 3.71. The van der Waals surface area contributed by atoms with Gasteiger partial charge in [-0.3, -0.25) is 0 Å². The third-order valence-electron chi connectivity index (χ3n) is 3.29. The Hall–Kier alpha value is -0.130. The Morgan fingerprint density at radius 3 is 2.80 bits per heavy atom. The number of rotatable bonds is 2. The summed E-state index contributed by atoms with van der Waals surface area (Å²) in [5, 5.41) is 3.45. The minimum absolute atomic E-state index is 0.347. The summed E-state index contributed by atoms with van der Waals surface area (Å²) in [6.07, 6.45) is 3.30. The molecular formula is C10H20N2O2S. The molecule has 0 aromatic heterocycles. The first kappa shape index (κ1) is 11.4. The van der Waals surface area contributed by atoms with Gasteiger partial charge in [-0.05, 0) is 32.4 Å². The molecule has 2 rings (SSSR count). The summed E-state index contributed by atoms with van der Waals surface area (Å²) in [7, 11) is -2.75.